The van der Waals surface area contributed by atoms with Gasteiger partial charge in [-0.05, 0) is 12.1 Å². The van der Waals surface area contributed by atoms with Gasteiger partial charge in [-0.2, -0.15) is 13.2 Å². The van der Waals surface area contributed by atoms with Gasteiger partial charge >= 0.3 is 6.18 Å². The van der Waals surface area contributed by atoms with Gasteiger partial charge < -0.3 is 0 Å². The lowest BCUT2D eigenvalue weighted by atomic mass is 10.1. The maximum absolute atomic E-state index is 12.6. The van der Waals surface area contributed by atoms with E-state index in [1.165, 1.54) is 6.26 Å². The summed E-state index contributed by atoms with van der Waals surface area (Å²) in [5, 5.41) is 17.9. The highest BCUT2D eigenvalue weighted by molar-refractivity contribution is 7.84. The van der Waals surface area contributed by atoms with Gasteiger partial charge in [0.2, 0.25) is 5.16 Å². The second kappa shape index (κ2) is 5.24. The number of nitrogens with zero attached hydrogens (tertiary/aromatic N) is 4. The van der Waals surface area contributed by atoms with E-state index in [1.54, 1.807) is 0 Å². The first-order valence-electron chi connectivity index (χ1n) is 5.31. The molecule has 21 heavy (non-hydrogen) atoms. The largest absolute Gasteiger partial charge is 0.416 e. The average molecular weight is 320 g/mol. The minimum absolute atomic E-state index is 0.0992. The van der Waals surface area contributed by atoms with Crippen LogP contribution in [0.4, 0.5) is 18.9 Å². The number of nitro groups is 1. The SMILES string of the molecule is CS(=O)c1nncn1-c1ccc(C(F)(F)F)cc1[N+](=O)[O-]. The van der Waals surface area contributed by atoms with Crippen LogP contribution in [0.15, 0.2) is 29.7 Å². The van der Waals surface area contributed by atoms with E-state index in [0.717, 1.165) is 17.0 Å². The van der Waals surface area contributed by atoms with Crippen molar-refractivity contribution in [2.75, 3.05) is 6.26 Å². The van der Waals surface area contributed by atoms with E-state index in [2.05, 4.69) is 10.2 Å². The first-order valence-corrected chi connectivity index (χ1v) is 6.87. The summed E-state index contributed by atoms with van der Waals surface area (Å²) in [5.74, 6) is 0. The Morgan fingerprint density at radius 2 is 2.05 bits per heavy atom. The third kappa shape index (κ3) is 2.91. The maximum atomic E-state index is 12.6. The molecule has 7 nitrogen and oxygen atoms in total. The van der Waals surface area contributed by atoms with Crippen molar-refractivity contribution in [2.24, 2.45) is 0 Å². The molecule has 0 aliphatic heterocycles. The number of alkyl halides is 3. The maximum Gasteiger partial charge on any atom is 0.416 e. The Balaban J connectivity index is 2.67. The standard InChI is InChI=1S/C10H7F3N4O3S/c1-21(20)9-15-14-5-16(9)7-3-2-6(10(11,12)13)4-8(7)17(18)19/h2-5H,1H3. The van der Waals surface area contributed by atoms with E-state index < -0.39 is 33.2 Å². The van der Waals surface area contributed by atoms with Crippen molar-refractivity contribution in [3.63, 3.8) is 0 Å². The second-order valence-electron chi connectivity index (χ2n) is 3.90. The number of aromatic nitrogens is 3. The Bertz CT molecular complexity index is 729. The first-order chi connectivity index (χ1) is 9.71. The fourth-order valence-electron chi connectivity index (χ4n) is 1.64. The van der Waals surface area contributed by atoms with E-state index in [-0.39, 0.29) is 10.8 Å². The zero-order chi connectivity index (χ0) is 15.8. The summed E-state index contributed by atoms with van der Waals surface area (Å²) in [6, 6.07) is 2.03. The Kier molecular flexibility index (Phi) is 3.77. The summed E-state index contributed by atoms with van der Waals surface area (Å²) in [6.45, 7) is 0. The molecule has 0 aliphatic carbocycles. The van der Waals surface area contributed by atoms with Crippen LogP contribution >= 0.6 is 0 Å². The fraction of sp³-hybridized carbons (Fsp3) is 0.200. The molecule has 0 amide bonds. The predicted molar refractivity (Wildman–Crippen MR) is 65.3 cm³/mol. The number of hydrogen-bond donors (Lipinski definition) is 0. The summed E-state index contributed by atoms with van der Waals surface area (Å²) in [4.78, 5) is 10.0. The molecule has 112 valence electrons. The monoisotopic (exact) mass is 320 g/mol. The van der Waals surface area contributed by atoms with Gasteiger partial charge in [0, 0.05) is 12.3 Å². The van der Waals surface area contributed by atoms with Crippen LogP contribution in [-0.4, -0.2) is 30.2 Å². The topological polar surface area (TPSA) is 90.9 Å². The second-order valence-corrected chi connectivity index (χ2v) is 5.17. The summed E-state index contributed by atoms with van der Waals surface area (Å²) in [5.41, 5.74) is -2.12. The van der Waals surface area contributed by atoms with Crippen LogP contribution in [0.25, 0.3) is 5.69 Å². The summed E-state index contributed by atoms with van der Waals surface area (Å²) >= 11 is 0. The van der Waals surface area contributed by atoms with Crippen molar-refractivity contribution >= 4 is 16.5 Å². The van der Waals surface area contributed by atoms with Crippen LogP contribution in [-0.2, 0) is 17.0 Å². The molecule has 1 heterocycles. The molecule has 1 atom stereocenters. The predicted octanol–water partition coefficient (Wildman–Crippen LogP) is 1.93. The summed E-state index contributed by atoms with van der Waals surface area (Å²) in [6.07, 6.45) is -2.38. The Hall–Kier alpha value is -2.30. The van der Waals surface area contributed by atoms with Crippen LogP contribution < -0.4 is 0 Å². The molecule has 1 aromatic carbocycles. The molecule has 2 rings (SSSR count). The van der Waals surface area contributed by atoms with Crippen LogP contribution in [0.1, 0.15) is 5.56 Å². The fourth-order valence-corrected chi connectivity index (χ4v) is 2.22. The van der Waals surface area contributed by atoms with E-state index >= 15 is 0 Å². The molecule has 0 bridgehead atoms. The van der Waals surface area contributed by atoms with Crippen molar-refractivity contribution < 1.29 is 22.3 Å². The molecule has 0 saturated carbocycles. The highest BCUT2D eigenvalue weighted by Gasteiger charge is 2.33. The molecule has 2 aromatic rings. The third-order valence-electron chi connectivity index (χ3n) is 2.53. The highest BCUT2D eigenvalue weighted by atomic mass is 32.2. The molecule has 0 spiro atoms. The number of hydrogen-bond acceptors (Lipinski definition) is 5. The van der Waals surface area contributed by atoms with E-state index in [1.807, 2.05) is 0 Å². The quantitative estimate of drug-likeness (QED) is 0.636. The van der Waals surface area contributed by atoms with Crippen LogP contribution in [0, 0.1) is 10.1 Å². The van der Waals surface area contributed by atoms with Gasteiger partial charge in [0.25, 0.3) is 5.69 Å². The van der Waals surface area contributed by atoms with Crippen molar-refractivity contribution in [1.82, 2.24) is 14.8 Å². The third-order valence-corrected chi connectivity index (χ3v) is 3.33. The van der Waals surface area contributed by atoms with Crippen molar-refractivity contribution in [3.8, 4) is 5.69 Å². The van der Waals surface area contributed by atoms with Gasteiger partial charge in [-0.25, -0.2) is 0 Å². The van der Waals surface area contributed by atoms with Crippen LogP contribution in [0.3, 0.4) is 0 Å². The number of rotatable bonds is 3. The number of halogens is 3. The molecule has 1 aromatic heterocycles. The van der Waals surface area contributed by atoms with Crippen molar-refractivity contribution in [2.45, 2.75) is 11.3 Å². The summed E-state index contributed by atoms with van der Waals surface area (Å²) in [7, 11) is -1.61. The minimum Gasteiger partial charge on any atom is -0.268 e. The lowest BCUT2D eigenvalue weighted by molar-refractivity contribution is -0.384. The molecule has 0 aliphatic rings. The van der Waals surface area contributed by atoms with Gasteiger partial charge in [-0.15, -0.1) is 10.2 Å². The first kappa shape index (κ1) is 15.1. The molecule has 1 unspecified atom stereocenters. The molecular formula is C10H7F3N4O3S. The molecule has 0 radical (unpaired) electrons. The Labute approximate surface area is 118 Å². The summed E-state index contributed by atoms with van der Waals surface area (Å²) < 4.78 is 50.3. The van der Waals surface area contributed by atoms with E-state index in [0.29, 0.717) is 12.1 Å². The van der Waals surface area contributed by atoms with Gasteiger partial charge in [0.15, 0.2) is 0 Å². The van der Waals surface area contributed by atoms with Crippen LogP contribution in [0.5, 0.6) is 0 Å². The molecule has 0 saturated heterocycles. The van der Waals surface area contributed by atoms with Gasteiger partial charge in [0.05, 0.1) is 21.3 Å². The van der Waals surface area contributed by atoms with Crippen LogP contribution in [0.2, 0.25) is 0 Å². The van der Waals surface area contributed by atoms with E-state index in [4.69, 9.17) is 0 Å². The highest BCUT2D eigenvalue weighted by Crippen LogP contribution is 2.34. The average Bonchev–Trinajstić information content (AvgIpc) is 2.85. The molecule has 11 heteroatoms. The smallest absolute Gasteiger partial charge is 0.268 e. The van der Waals surface area contributed by atoms with Gasteiger partial charge in [0.1, 0.15) is 12.0 Å². The molecule has 0 fully saturated rings. The molecular weight excluding hydrogens is 313 g/mol. The minimum atomic E-state index is -4.70. The Morgan fingerprint density at radius 1 is 1.38 bits per heavy atom. The number of benzene rings is 1. The lowest BCUT2D eigenvalue weighted by Gasteiger charge is -2.10. The van der Waals surface area contributed by atoms with Crippen molar-refractivity contribution in [3.05, 3.63) is 40.2 Å². The zero-order valence-electron chi connectivity index (χ0n) is 10.4. The van der Waals surface area contributed by atoms with Crippen molar-refractivity contribution in [1.29, 1.82) is 0 Å². The van der Waals surface area contributed by atoms with Gasteiger partial charge in [-0.3, -0.25) is 18.9 Å². The number of nitro benzene ring substituents is 1. The zero-order valence-corrected chi connectivity index (χ0v) is 11.2. The van der Waals surface area contributed by atoms with E-state index in [9.17, 15) is 27.5 Å². The lowest BCUT2D eigenvalue weighted by Crippen LogP contribution is -2.09. The van der Waals surface area contributed by atoms with Gasteiger partial charge in [-0.1, -0.05) is 0 Å². The normalized spacial score (nSPS) is 13.1. The molecule has 0 N–H and O–H groups in total. The Morgan fingerprint density at radius 3 is 2.57 bits per heavy atom.